The quantitative estimate of drug-likeness (QED) is 0.710. The maximum atomic E-state index is 13.4. The third kappa shape index (κ3) is 3.33. The van der Waals surface area contributed by atoms with E-state index in [4.69, 9.17) is 4.74 Å². The number of aryl methyl sites for hydroxylation is 1. The van der Waals surface area contributed by atoms with Gasteiger partial charge in [0.1, 0.15) is 11.8 Å². The van der Waals surface area contributed by atoms with Gasteiger partial charge in [0.25, 0.3) is 5.91 Å². The van der Waals surface area contributed by atoms with Gasteiger partial charge >= 0.3 is 0 Å². The summed E-state index contributed by atoms with van der Waals surface area (Å²) in [5.74, 6) is 1.03. The van der Waals surface area contributed by atoms with Gasteiger partial charge in [-0.25, -0.2) is 0 Å². The number of allylic oxidation sites excluding steroid dienone is 1. The number of tetrazole rings is 1. The Labute approximate surface area is 168 Å². The minimum Gasteiger partial charge on any atom is -0.497 e. The van der Waals surface area contributed by atoms with E-state index in [1.54, 1.807) is 11.8 Å². The van der Waals surface area contributed by atoms with E-state index < -0.39 is 6.04 Å². The summed E-state index contributed by atoms with van der Waals surface area (Å²) in [6, 6.07) is 12.9. The third-order valence-corrected chi connectivity index (χ3v) is 5.24. The van der Waals surface area contributed by atoms with Gasteiger partial charge in [0.05, 0.1) is 12.7 Å². The third-order valence-electron chi connectivity index (χ3n) is 5.24. The molecule has 2 N–H and O–H groups in total. The van der Waals surface area contributed by atoms with Crippen molar-refractivity contribution < 1.29 is 9.53 Å². The second-order valence-electron chi connectivity index (χ2n) is 6.99. The highest BCUT2D eigenvalue weighted by Crippen LogP contribution is 2.35. The Morgan fingerprint density at radius 3 is 2.62 bits per heavy atom. The van der Waals surface area contributed by atoms with Gasteiger partial charge in [-0.15, -0.1) is 0 Å². The van der Waals surface area contributed by atoms with E-state index in [0.29, 0.717) is 17.2 Å². The molecule has 29 heavy (non-hydrogen) atoms. The standard InChI is InChI=1S/C21H22N6O2/c1-12-6-5-7-17(13(12)2)23-20(28)18-14(3)22-21-24-25-26-27(21)19(18)15-8-10-16(29-4)11-9-15/h5-11,19H,1-4H3,(H,23,28)(H,22,24,26). The van der Waals surface area contributed by atoms with E-state index >= 15 is 0 Å². The number of aromatic nitrogens is 4. The van der Waals surface area contributed by atoms with Crippen LogP contribution in [0.2, 0.25) is 0 Å². The van der Waals surface area contributed by atoms with E-state index in [2.05, 4.69) is 26.2 Å². The number of carbonyl (C=O) groups is 1. The molecule has 2 aromatic carbocycles. The molecule has 0 saturated carbocycles. The summed E-state index contributed by atoms with van der Waals surface area (Å²) in [6.07, 6.45) is 0. The van der Waals surface area contributed by atoms with E-state index in [0.717, 1.165) is 28.1 Å². The van der Waals surface area contributed by atoms with Crippen LogP contribution in [0.15, 0.2) is 53.7 Å². The molecule has 0 fully saturated rings. The summed E-state index contributed by atoms with van der Waals surface area (Å²) in [5.41, 5.74) is 5.07. The molecule has 1 amide bonds. The first-order chi connectivity index (χ1) is 14.0. The normalized spacial score (nSPS) is 15.5. The zero-order valence-electron chi connectivity index (χ0n) is 16.7. The first kappa shape index (κ1) is 18.7. The zero-order valence-corrected chi connectivity index (χ0v) is 16.7. The molecule has 8 nitrogen and oxygen atoms in total. The SMILES string of the molecule is COc1ccc(C2C(C(=O)Nc3cccc(C)c3C)=C(C)Nc3nnnn32)cc1. The van der Waals surface area contributed by atoms with Gasteiger partial charge < -0.3 is 15.4 Å². The Balaban J connectivity index is 1.76. The van der Waals surface area contributed by atoms with Crippen LogP contribution in [0.4, 0.5) is 11.6 Å². The fourth-order valence-electron chi connectivity index (χ4n) is 3.48. The van der Waals surface area contributed by atoms with Gasteiger partial charge in [0, 0.05) is 11.4 Å². The van der Waals surface area contributed by atoms with Crippen LogP contribution in [0.1, 0.15) is 29.7 Å². The lowest BCUT2D eigenvalue weighted by molar-refractivity contribution is -0.113. The summed E-state index contributed by atoms with van der Waals surface area (Å²) in [7, 11) is 1.62. The average molecular weight is 390 g/mol. The van der Waals surface area contributed by atoms with E-state index in [1.807, 2.05) is 63.2 Å². The molecule has 1 aliphatic heterocycles. The highest BCUT2D eigenvalue weighted by molar-refractivity contribution is 6.06. The van der Waals surface area contributed by atoms with Crippen molar-refractivity contribution in [2.24, 2.45) is 0 Å². The fourth-order valence-corrected chi connectivity index (χ4v) is 3.48. The maximum absolute atomic E-state index is 13.4. The lowest BCUT2D eigenvalue weighted by Crippen LogP contribution is -2.31. The molecule has 0 radical (unpaired) electrons. The molecule has 1 aliphatic rings. The second kappa shape index (κ2) is 7.38. The van der Waals surface area contributed by atoms with Gasteiger partial charge in [-0.1, -0.05) is 29.4 Å². The summed E-state index contributed by atoms with van der Waals surface area (Å²) < 4.78 is 6.88. The number of nitrogens with zero attached hydrogens (tertiary/aromatic N) is 4. The minimum absolute atomic E-state index is 0.203. The van der Waals surface area contributed by atoms with Crippen molar-refractivity contribution in [1.29, 1.82) is 0 Å². The van der Waals surface area contributed by atoms with Gasteiger partial charge in [-0.2, -0.15) is 4.68 Å². The van der Waals surface area contributed by atoms with Gasteiger partial charge in [0.2, 0.25) is 5.95 Å². The van der Waals surface area contributed by atoms with E-state index in [1.165, 1.54) is 0 Å². The van der Waals surface area contributed by atoms with Crippen LogP contribution < -0.4 is 15.4 Å². The largest absolute Gasteiger partial charge is 0.497 e. The molecular weight excluding hydrogens is 368 g/mol. The summed E-state index contributed by atoms with van der Waals surface area (Å²) >= 11 is 0. The number of methoxy groups -OCH3 is 1. The Hall–Kier alpha value is -3.68. The minimum atomic E-state index is -0.461. The molecule has 8 heteroatoms. The number of nitrogens with one attached hydrogen (secondary N) is 2. The number of rotatable bonds is 4. The Kier molecular flexibility index (Phi) is 4.75. The molecule has 0 aliphatic carbocycles. The first-order valence-electron chi connectivity index (χ1n) is 9.26. The highest BCUT2D eigenvalue weighted by Gasteiger charge is 2.34. The number of carbonyl (C=O) groups excluding carboxylic acids is 1. The molecule has 2 heterocycles. The monoisotopic (exact) mass is 390 g/mol. The van der Waals surface area contributed by atoms with Crippen molar-refractivity contribution in [3.8, 4) is 5.75 Å². The van der Waals surface area contributed by atoms with Gasteiger partial charge in [-0.05, 0) is 66.1 Å². The molecule has 0 saturated heterocycles. The number of fused-ring (bicyclic) bond motifs is 1. The summed E-state index contributed by atoms with van der Waals surface area (Å²) in [4.78, 5) is 13.4. The van der Waals surface area contributed by atoms with Crippen molar-refractivity contribution in [1.82, 2.24) is 20.2 Å². The van der Waals surface area contributed by atoms with Gasteiger partial charge in [-0.3, -0.25) is 4.79 Å². The number of hydrogen-bond donors (Lipinski definition) is 2. The average Bonchev–Trinajstić information content (AvgIpc) is 3.18. The van der Waals surface area contributed by atoms with Crippen molar-refractivity contribution in [2.45, 2.75) is 26.8 Å². The topological polar surface area (TPSA) is 94.0 Å². The Morgan fingerprint density at radius 2 is 1.90 bits per heavy atom. The predicted octanol–water partition coefficient (Wildman–Crippen LogP) is 3.23. The molecule has 1 unspecified atom stereocenters. The van der Waals surface area contributed by atoms with E-state index in [9.17, 15) is 4.79 Å². The molecule has 0 spiro atoms. The molecule has 1 aromatic heterocycles. The van der Waals surface area contributed by atoms with Crippen molar-refractivity contribution >= 4 is 17.5 Å². The van der Waals surface area contributed by atoms with Crippen LogP contribution in [0.25, 0.3) is 0 Å². The first-order valence-corrected chi connectivity index (χ1v) is 9.26. The van der Waals surface area contributed by atoms with Crippen molar-refractivity contribution in [3.63, 3.8) is 0 Å². The Morgan fingerprint density at radius 1 is 1.14 bits per heavy atom. The lowest BCUT2D eigenvalue weighted by atomic mass is 9.94. The zero-order chi connectivity index (χ0) is 20.5. The van der Waals surface area contributed by atoms with Crippen molar-refractivity contribution in [3.05, 3.63) is 70.4 Å². The molecule has 148 valence electrons. The molecule has 3 aromatic rings. The van der Waals surface area contributed by atoms with E-state index in [-0.39, 0.29) is 5.91 Å². The van der Waals surface area contributed by atoms with Crippen LogP contribution in [0, 0.1) is 13.8 Å². The maximum Gasteiger partial charge on any atom is 0.255 e. The number of ether oxygens (including phenoxy) is 1. The summed E-state index contributed by atoms with van der Waals surface area (Å²) in [6.45, 7) is 5.86. The van der Waals surface area contributed by atoms with Crippen LogP contribution in [0.5, 0.6) is 5.75 Å². The van der Waals surface area contributed by atoms with Crippen LogP contribution >= 0.6 is 0 Å². The van der Waals surface area contributed by atoms with Crippen LogP contribution in [-0.4, -0.2) is 33.2 Å². The number of anilines is 2. The number of amides is 1. The fraction of sp³-hybridized carbons (Fsp3) is 0.238. The smallest absolute Gasteiger partial charge is 0.255 e. The second-order valence-corrected chi connectivity index (χ2v) is 6.99. The van der Waals surface area contributed by atoms with Crippen LogP contribution in [0.3, 0.4) is 0 Å². The number of hydrogen-bond acceptors (Lipinski definition) is 6. The molecule has 1 atom stereocenters. The molecule has 0 bridgehead atoms. The predicted molar refractivity (Wildman–Crippen MR) is 110 cm³/mol. The van der Waals surface area contributed by atoms with Crippen molar-refractivity contribution in [2.75, 3.05) is 17.7 Å². The van der Waals surface area contributed by atoms with Crippen LogP contribution in [-0.2, 0) is 4.79 Å². The molecular formula is C21H22N6O2. The highest BCUT2D eigenvalue weighted by atomic mass is 16.5. The molecule has 4 rings (SSSR count). The summed E-state index contributed by atoms with van der Waals surface area (Å²) in [5, 5.41) is 18.1. The van der Waals surface area contributed by atoms with Gasteiger partial charge in [0.15, 0.2) is 0 Å². The number of benzene rings is 2. The lowest BCUT2D eigenvalue weighted by Gasteiger charge is -2.28. The Bertz CT molecular complexity index is 1100.